The molecule has 1 aliphatic carbocycles. The average molecular weight is 349 g/mol. The quantitative estimate of drug-likeness (QED) is 0.451. The number of hydrogen-bond donors (Lipinski definition) is 0. The summed E-state index contributed by atoms with van der Waals surface area (Å²) in [6, 6.07) is 13.8. The van der Waals surface area contributed by atoms with E-state index in [0.717, 1.165) is 47.3 Å². The first-order valence-electron chi connectivity index (χ1n) is 8.41. The van der Waals surface area contributed by atoms with Crippen molar-refractivity contribution in [2.45, 2.75) is 19.3 Å². The van der Waals surface area contributed by atoms with Gasteiger partial charge in [-0.05, 0) is 66.8 Å². The number of hydrogen-bond acceptors (Lipinski definition) is 4. The fourth-order valence-electron chi connectivity index (χ4n) is 2.97. The molecular weight excluding hydrogens is 330 g/mol. The van der Waals surface area contributed by atoms with Gasteiger partial charge in [-0.25, -0.2) is 0 Å². The first-order chi connectivity index (χ1) is 12.6. The number of methoxy groups -OCH3 is 1. The van der Waals surface area contributed by atoms with Gasteiger partial charge in [-0.1, -0.05) is 12.1 Å². The summed E-state index contributed by atoms with van der Waals surface area (Å²) in [5.41, 5.74) is 3.33. The summed E-state index contributed by atoms with van der Waals surface area (Å²) < 4.78 is 5.15. The second-order valence-corrected chi connectivity index (χ2v) is 6.14. The van der Waals surface area contributed by atoms with Crippen LogP contribution in [-0.2, 0) is 4.79 Å². The van der Waals surface area contributed by atoms with Gasteiger partial charge in [0, 0.05) is 23.3 Å². The van der Waals surface area contributed by atoms with Crippen molar-refractivity contribution in [3.8, 4) is 5.75 Å². The lowest BCUT2D eigenvalue weighted by molar-refractivity contribution is -0.384. The predicted octanol–water partition coefficient (Wildman–Crippen LogP) is 4.82. The molecule has 26 heavy (non-hydrogen) atoms. The number of rotatable bonds is 4. The van der Waals surface area contributed by atoms with Crippen LogP contribution in [0.15, 0.2) is 59.7 Å². The van der Waals surface area contributed by atoms with Gasteiger partial charge in [0.15, 0.2) is 5.78 Å². The zero-order valence-electron chi connectivity index (χ0n) is 14.5. The maximum atomic E-state index is 12.8. The normalized spacial score (nSPS) is 17.5. The van der Waals surface area contributed by atoms with Gasteiger partial charge in [-0.2, -0.15) is 0 Å². The van der Waals surface area contributed by atoms with Gasteiger partial charge >= 0.3 is 0 Å². The van der Waals surface area contributed by atoms with E-state index in [9.17, 15) is 14.9 Å². The van der Waals surface area contributed by atoms with Crippen LogP contribution in [0.4, 0.5) is 5.69 Å². The van der Waals surface area contributed by atoms with E-state index in [1.54, 1.807) is 19.2 Å². The Balaban J connectivity index is 1.82. The van der Waals surface area contributed by atoms with Crippen LogP contribution in [0.2, 0.25) is 0 Å². The highest BCUT2D eigenvalue weighted by Gasteiger charge is 2.20. The highest BCUT2D eigenvalue weighted by Crippen LogP contribution is 2.28. The van der Waals surface area contributed by atoms with Crippen molar-refractivity contribution in [3.63, 3.8) is 0 Å². The summed E-state index contributed by atoms with van der Waals surface area (Å²) in [4.78, 5) is 23.1. The number of non-ortho nitro benzene ring substituents is 1. The maximum absolute atomic E-state index is 12.8. The summed E-state index contributed by atoms with van der Waals surface area (Å²) in [5.74, 6) is 0.825. The van der Waals surface area contributed by atoms with Crippen molar-refractivity contribution >= 4 is 23.6 Å². The van der Waals surface area contributed by atoms with E-state index in [1.165, 1.54) is 12.1 Å². The lowest BCUT2D eigenvalue weighted by Gasteiger charge is -2.16. The molecule has 1 aliphatic rings. The smallest absolute Gasteiger partial charge is 0.269 e. The van der Waals surface area contributed by atoms with Crippen molar-refractivity contribution in [1.82, 2.24) is 0 Å². The Hall–Kier alpha value is -3.21. The molecule has 0 saturated heterocycles. The Morgan fingerprint density at radius 2 is 1.42 bits per heavy atom. The molecule has 0 aromatic heterocycles. The summed E-state index contributed by atoms with van der Waals surface area (Å²) in [6.45, 7) is 0. The number of ketones is 1. The summed E-state index contributed by atoms with van der Waals surface area (Å²) in [6.07, 6.45) is 6.13. The van der Waals surface area contributed by atoms with Gasteiger partial charge < -0.3 is 4.74 Å². The number of allylic oxidation sites excluding steroid dienone is 2. The number of nitro groups is 1. The van der Waals surface area contributed by atoms with Crippen LogP contribution in [0.25, 0.3) is 12.2 Å². The molecule has 1 fully saturated rings. The van der Waals surface area contributed by atoms with E-state index in [1.807, 2.05) is 36.4 Å². The molecule has 0 spiro atoms. The van der Waals surface area contributed by atoms with Gasteiger partial charge in [0.05, 0.1) is 12.0 Å². The van der Waals surface area contributed by atoms with E-state index < -0.39 is 4.92 Å². The number of carbonyl (C=O) groups excluding carboxylic acids is 1. The molecule has 5 heteroatoms. The average Bonchev–Trinajstić information content (AvgIpc) is 2.66. The van der Waals surface area contributed by atoms with Crippen molar-refractivity contribution in [1.29, 1.82) is 0 Å². The minimum absolute atomic E-state index is 0.0437. The first kappa shape index (κ1) is 17.6. The Labute approximate surface area is 151 Å². The molecule has 3 rings (SSSR count). The van der Waals surface area contributed by atoms with Gasteiger partial charge in [-0.15, -0.1) is 0 Å². The van der Waals surface area contributed by atoms with Crippen molar-refractivity contribution in [2.24, 2.45) is 0 Å². The fourth-order valence-corrected chi connectivity index (χ4v) is 2.97. The number of Topliss-reactive ketones (excluding diaryl/α,β-unsaturated/α-hetero) is 1. The molecule has 0 N–H and O–H groups in total. The summed E-state index contributed by atoms with van der Waals surface area (Å²) in [7, 11) is 1.62. The molecule has 0 aliphatic heterocycles. The number of carbonyl (C=O) groups is 1. The van der Waals surface area contributed by atoms with Gasteiger partial charge in [-0.3, -0.25) is 14.9 Å². The Bertz CT molecular complexity index is 877. The zero-order valence-corrected chi connectivity index (χ0v) is 14.5. The molecule has 0 unspecified atom stereocenters. The molecule has 0 atom stereocenters. The van der Waals surface area contributed by atoms with Gasteiger partial charge in [0.2, 0.25) is 0 Å². The minimum Gasteiger partial charge on any atom is -0.497 e. The molecule has 2 aromatic carbocycles. The Morgan fingerprint density at radius 1 is 0.923 bits per heavy atom. The molecule has 0 amide bonds. The maximum Gasteiger partial charge on any atom is 0.269 e. The molecule has 2 aromatic rings. The molecular formula is C21H19NO4. The van der Waals surface area contributed by atoms with Gasteiger partial charge in [0.25, 0.3) is 5.69 Å². The third-order valence-corrected chi connectivity index (χ3v) is 4.38. The minimum atomic E-state index is -0.432. The number of nitrogens with zero attached hydrogens (tertiary/aromatic N) is 1. The lowest BCUT2D eigenvalue weighted by atomic mass is 9.87. The van der Waals surface area contributed by atoms with Crippen LogP contribution >= 0.6 is 0 Å². The molecule has 132 valence electrons. The Kier molecular flexibility index (Phi) is 5.27. The predicted molar refractivity (Wildman–Crippen MR) is 101 cm³/mol. The first-order valence-corrected chi connectivity index (χ1v) is 8.41. The lowest BCUT2D eigenvalue weighted by Crippen LogP contribution is -2.12. The summed E-state index contributed by atoms with van der Waals surface area (Å²) in [5, 5.41) is 10.7. The number of ether oxygens (including phenoxy) is 1. The van der Waals surface area contributed by atoms with E-state index in [4.69, 9.17) is 4.74 Å². The van der Waals surface area contributed by atoms with Crippen LogP contribution in [0.3, 0.4) is 0 Å². The van der Waals surface area contributed by atoms with E-state index in [2.05, 4.69) is 0 Å². The van der Waals surface area contributed by atoms with Crippen molar-refractivity contribution in [2.75, 3.05) is 7.11 Å². The third-order valence-electron chi connectivity index (χ3n) is 4.38. The molecule has 5 nitrogen and oxygen atoms in total. The highest BCUT2D eigenvalue weighted by molar-refractivity contribution is 6.13. The highest BCUT2D eigenvalue weighted by atomic mass is 16.6. The fraction of sp³-hybridized carbons (Fsp3) is 0.190. The van der Waals surface area contributed by atoms with Crippen LogP contribution in [-0.4, -0.2) is 17.8 Å². The van der Waals surface area contributed by atoms with Crippen molar-refractivity contribution in [3.05, 3.63) is 80.9 Å². The van der Waals surface area contributed by atoms with Crippen LogP contribution < -0.4 is 4.74 Å². The zero-order chi connectivity index (χ0) is 18.5. The summed E-state index contributed by atoms with van der Waals surface area (Å²) >= 11 is 0. The van der Waals surface area contributed by atoms with E-state index >= 15 is 0 Å². The largest absolute Gasteiger partial charge is 0.497 e. The van der Waals surface area contributed by atoms with Crippen molar-refractivity contribution < 1.29 is 14.5 Å². The molecule has 0 heterocycles. The second kappa shape index (κ2) is 7.78. The standard InChI is InChI=1S/C21H19NO4/c1-26-20-11-7-16(8-12-20)14-18-4-2-3-17(21(18)23)13-15-5-9-19(10-6-15)22(24)25/h5-14H,2-4H2,1H3/b17-13-,18-14-. The van der Waals surface area contributed by atoms with Crippen LogP contribution in [0.1, 0.15) is 30.4 Å². The number of benzene rings is 2. The van der Waals surface area contributed by atoms with Crippen LogP contribution in [0.5, 0.6) is 5.75 Å². The second-order valence-electron chi connectivity index (χ2n) is 6.14. The van der Waals surface area contributed by atoms with E-state index in [-0.39, 0.29) is 11.5 Å². The monoisotopic (exact) mass is 349 g/mol. The molecule has 0 radical (unpaired) electrons. The van der Waals surface area contributed by atoms with Gasteiger partial charge in [0.1, 0.15) is 5.75 Å². The third kappa shape index (κ3) is 4.06. The Morgan fingerprint density at radius 3 is 1.88 bits per heavy atom. The topological polar surface area (TPSA) is 69.4 Å². The van der Waals surface area contributed by atoms with Crippen LogP contribution in [0, 0.1) is 10.1 Å². The van der Waals surface area contributed by atoms with E-state index in [0.29, 0.717) is 0 Å². The molecule has 0 bridgehead atoms. The molecule has 1 saturated carbocycles. The number of nitro benzene ring substituents is 1. The SMILES string of the molecule is COc1ccc(/C=C2/CCC/C(=C/c3ccc([N+](=O)[O-])cc3)C2=O)cc1.